The topological polar surface area (TPSA) is 32.3 Å². The summed E-state index contributed by atoms with van der Waals surface area (Å²) in [4.78, 5) is 14.4. The fraction of sp³-hybridized carbons (Fsp3) is 0.278. The smallest absolute Gasteiger partial charge is 0.317 e. The minimum absolute atomic E-state index is 0.0184. The number of urea groups is 1. The van der Waals surface area contributed by atoms with E-state index in [-0.39, 0.29) is 17.9 Å². The number of rotatable bonds is 2. The molecule has 1 heterocycles. The predicted octanol–water partition coefficient (Wildman–Crippen LogP) is 5.16. The largest absolute Gasteiger partial charge is 0.322 e. The van der Waals surface area contributed by atoms with Crippen LogP contribution in [-0.2, 0) is 0 Å². The lowest BCUT2D eigenvalue weighted by Crippen LogP contribution is -2.34. The first-order chi connectivity index (χ1) is 11.1. The van der Waals surface area contributed by atoms with Crippen molar-refractivity contribution in [1.29, 1.82) is 0 Å². The van der Waals surface area contributed by atoms with Gasteiger partial charge >= 0.3 is 6.03 Å². The molecule has 0 bridgehead atoms. The van der Waals surface area contributed by atoms with E-state index in [0.29, 0.717) is 17.3 Å². The van der Waals surface area contributed by atoms with Crippen molar-refractivity contribution in [2.75, 3.05) is 11.9 Å². The van der Waals surface area contributed by atoms with Gasteiger partial charge in [0.15, 0.2) is 0 Å². The average molecular weight is 333 g/mol. The molecule has 1 atom stereocenters. The summed E-state index contributed by atoms with van der Waals surface area (Å²) in [5.74, 6) is -0.266. The number of likely N-dealkylation sites (tertiary alicyclic amines) is 1. The van der Waals surface area contributed by atoms with Crippen LogP contribution in [0.25, 0.3) is 0 Å². The molecule has 120 valence electrons. The van der Waals surface area contributed by atoms with Crippen LogP contribution < -0.4 is 5.32 Å². The molecule has 2 amide bonds. The van der Waals surface area contributed by atoms with Crippen LogP contribution in [0.1, 0.15) is 30.0 Å². The highest BCUT2D eigenvalue weighted by Crippen LogP contribution is 2.33. The summed E-state index contributed by atoms with van der Waals surface area (Å²) in [7, 11) is 0. The number of anilines is 1. The van der Waals surface area contributed by atoms with Gasteiger partial charge in [0.05, 0.1) is 6.04 Å². The number of amides is 2. The van der Waals surface area contributed by atoms with E-state index in [2.05, 4.69) is 5.32 Å². The average Bonchev–Trinajstić information content (AvgIpc) is 3.02. The predicted molar refractivity (Wildman–Crippen MR) is 90.3 cm³/mol. The van der Waals surface area contributed by atoms with Crippen molar-refractivity contribution in [2.24, 2.45) is 0 Å². The molecule has 5 heteroatoms. The highest BCUT2D eigenvalue weighted by Gasteiger charge is 2.30. The third-order valence-corrected chi connectivity index (χ3v) is 4.69. The Bertz CT molecular complexity index is 717. The Hall–Kier alpha value is -2.07. The monoisotopic (exact) mass is 332 g/mol. The minimum atomic E-state index is -0.266. The molecule has 0 spiro atoms. The third kappa shape index (κ3) is 3.32. The molecule has 3 rings (SSSR count). The quantitative estimate of drug-likeness (QED) is 0.809. The van der Waals surface area contributed by atoms with Gasteiger partial charge in [0.25, 0.3) is 0 Å². The van der Waals surface area contributed by atoms with Crippen LogP contribution >= 0.6 is 11.6 Å². The molecule has 0 aromatic heterocycles. The van der Waals surface area contributed by atoms with Crippen molar-refractivity contribution in [3.05, 3.63) is 64.4 Å². The van der Waals surface area contributed by atoms with Crippen LogP contribution in [0.4, 0.5) is 14.9 Å². The van der Waals surface area contributed by atoms with E-state index in [0.717, 1.165) is 24.0 Å². The van der Waals surface area contributed by atoms with Gasteiger partial charge in [-0.1, -0.05) is 29.8 Å². The Morgan fingerprint density at radius 3 is 2.74 bits per heavy atom. The van der Waals surface area contributed by atoms with Gasteiger partial charge in [-0.15, -0.1) is 0 Å². The van der Waals surface area contributed by atoms with E-state index in [1.165, 1.54) is 12.1 Å². The summed E-state index contributed by atoms with van der Waals surface area (Å²) in [6.07, 6.45) is 1.82. The molecule has 1 saturated heterocycles. The first-order valence-corrected chi connectivity index (χ1v) is 8.02. The number of nitrogens with one attached hydrogen (secondary N) is 1. The number of nitrogens with zero attached hydrogens (tertiary/aromatic N) is 1. The molecule has 1 fully saturated rings. The summed E-state index contributed by atoms with van der Waals surface area (Å²) in [6.45, 7) is 2.56. The fourth-order valence-electron chi connectivity index (χ4n) is 2.97. The van der Waals surface area contributed by atoms with Crippen LogP contribution in [0.15, 0.2) is 42.5 Å². The van der Waals surface area contributed by atoms with Crippen molar-refractivity contribution >= 4 is 23.3 Å². The Balaban J connectivity index is 1.78. The highest BCUT2D eigenvalue weighted by atomic mass is 35.5. The maximum atomic E-state index is 13.1. The van der Waals surface area contributed by atoms with Crippen LogP contribution in [0, 0.1) is 12.7 Å². The van der Waals surface area contributed by atoms with Crippen molar-refractivity contribution < 1.29 is 9.18 Å². The van der Waals surface area contributed by atoms with E-state index in [1.54, 1.807) is 23.1 Å². The maximum absolute atomic E-state index is 13.1. The maximum Gasteiger partial charge on any atom is 0.322 e. The highest BCUT2D eigenvalue weighted by molar-refractivity contribution is 6.31. The lowest BCUT2D eigenvalue weighted by molar-refractivity contribution is 0.207. The van der Waals surface area contributed by atoms with E-state index in [4.69, 9.17) is 11.6 Å². The molecule has 0 aliphatic carbocycles. The molecule has 2 aromatic rings. The van der Waals surface area contributed by atoms with Crippen molar-refractivity contribution in [1.82, 2.24) is 4.90 Å². The summed E-state index contributed by atoms with van der Waals surface area (Å²) in [5, 5.41) is 3.56. The molecule has 0 saturated carbocycles. The van der Waals surface area contributed by atoms with Gasteiger partial charge in [-0.25, -0.2) is 9.18 Å². The van der Waals surface area contributed by atoms with Gasteiger partial charge in [-0.2, -0.15) is 0 Å². The van der Waals surface area contributed by atoms with Gasteiger partial charge < -0.3 is 10.2 Å². The molecule has 3 nitrogen and oxygen atoms in total. The normalized spacial score (nSPS) is 17.3. The number of hydrogen-bond acceptors (Lipinski definition) is 1. The zero-order valence-corrected chi connectivity index (χ0v) is 13.6. The second kappa shape index (κ2) is 6.59. The van der Waals surface area contributed by atoms with Gasteiger partial charge in [-0.3, -0.25) is 0 Å². The SMILES string of the molecule is Cc1c(Cl)cccc1NC(=O)N1CCCC1c1ccc(F)cc1. The van der Waals surface area contributed by atoms with Crippen molar-refractivity contribution in [3.8, 4) is 0 Å². The Kier molecular flexibility index (Phi) is 4.53. The van der Waals surface area contributed by atoms with E-state index in [1.807, 2.05) is 19.1 Å². The van der Waals surface area contributed by atoms with E-state index < -0.39 is 0 Å². The van der Waals surface area contributed by atoms with Crippen molar-refractivity contribution in [2.45, 2.75) is 25.8 Å². The van der Waals surface area contributed by atoms with Crippen LogP contribution in [0.5, 0.6) is 0 Å². The molecular weight excluding hydrogens is 315 g/mol. The van der Waals surface area contributed by atoms with Crippen LogP contribution in [0.3, 0.4) is 0 Å². The second-order valence-corrected chi connectivity index (χ2v) is 6.15. The molecule has 2 aromatic carbocycles. The number of halogens is 2. The van der Waals surface area contributed by atoms with E-state index >= 15 is 0 Å². The van der Waals surface area contributed by atoms with Gasteiger partial charge in [-0.05, 0) is 55.2 Å². The van der Waals surface area contributed by atoms with Gasteiger partial charge in [0, 0.05) is 17.3 Å². The fourth-order valence-corrected chi connectivity index (χ4v) is 3.15. The van der Waals surface area contributed by atoms with Crippen molar-refractivity contribution in [3.63, 3.8) is 0 Å². The second-order valence-electron chi connectivity index (χ2n) is 5.75. The lowest BCUT2D eigenvalue weighted by atomic mass is 10.0. The molecule has 1 aliphatic rings. The summed E-state index contributed by atoms with van der Waals surface area (Å²) < 4.78 is 13.1. The van der Waals surface area contributed by atoms with Gasteiger partial charge in [0.2, 0.25) is 0 Å². The summed E-state index contributed by atoms with van der Waals surface area (Å²) in [6, 6.07) is 11.6. The Morgan fingerprint density at radius 1 is 1.26 bits per heavy atom. The lowest BCUT2D eigenvalue weighted by Gasteiger charge is -2.26. The summed E-state index contributed by atoms with van der Waals surface area (Å²) >= 11 is 6.10. The summed E-state index contributed by atoms with van der Waals surface area (Å²) in [5.41, 5.74) is 2.52. The number of benzene rings is 2. The Labute approximate surface area is 140 Å². The van der Waals surface area contributed by atoms with Gasteiger partial charge in [0.1, 0.15) is 5.82 Å². The third-order valence-electron chi connectivity index (χ3n) is 4.28. The molecule has 23 heavy (non-hydrogen) atoms. The minimum Gasteiger partial charge on any atom is -0.317 e. The molecule has 0 radical (unpaired) electrons. The molecule has 1 aliphatic heterocycles. The number of carbonyl (C=O) groups excluding carboxylic acids is 1. The Morgan fingerprint density at radius 2 is 2.00 bits per heavy atom. The first kappa shape index (κ1) is 15.8. The van der Waals surface area contributed by atoms with Crippen LogP contribution in [-0.4, -0.2) is 17.5 Å². The number of carbonyl (C=O) groups is 1. The molecule has 1 N–H and O–H groups in total. The zero-order valence-electron chi connectivity index (χ0n) is 12.9. The zero-order chi connectivity index (χ0) is 16.4. The molecule has 1 unspecified atom stereocenters. The standard InChI is InChI=1S/C18H18ClFN2O/c1-12-15(19)4-2-5-16(12)21-18(23)22-11-3-6-17(22)13-7-9-14(20)10-8-13/h2,4-5,7-10,17H,3,6,11H2,1H3,(H,21,23). The first-order valence-electron chi connectivity index (χ1n) is 7.64. The van der Waals surface area contributed by atoms with Crippen LogP contribution in [0.2, 0.25) is 5.02 Å². The van der Waals surface area contributed by atoms with E-state index in [9.17, 15) is 9.18 Å². The molecular formula is C18H18ClFN2O. The number of hydrogen-bond donors (Lipinski definition) is 1.